The van der Waals surface area contributed by atoms with E-state index in [0.717, 1.165) is 44.9 Å². The van der Waals surface area contributed by atoms with Gasteiger partial charge in [-0.05, 0) is 90.8 Å². The summed E-state index contributed by atoms with van der Waals surface area (Å²) in [5, 5.41) is 44.0. The SMILES string of the molecule is C[C@@H]1CC[C@]2(C(=O)O)CC[C@]3(C)C(=CCC4[C@]5(C)C(CC[C@]43C)C(C)(C)[C@H](O)[C@@H](O)[C@H]5O)C2[C@H]1C. The predicted octanol–water partition coefficient (Wildman–Crippen LogP) is 5.03. The highest BCUT2D eigenvalue weighted by Gasteiger charge is 2.72. The van der Waals surface area contributed by atoms with Crippen LogP contribution < -0.4 is 0 Å². The van der Waals surface area contributed by atoms with Gasteiger partial charge in [0.2, 0.25) is 0 Å². The number of hydrogen-bond acceptors (Lipinski definition) is 4. The van der Waals surface area contributed by atoms with Gasteiger partial charge in [-0.15, -0.1) is 0 Å². The van der Waals surface area contributed by atoms with Gasteiger partial charge in [0.05, 0.1) is 17.6 Å². The lowest BCUT2D eigenvalue weighted by molar-refractivity contribution is -0.278. The fraction of sp³-hybridized carbons (Fsp3) is 0.900. The van der Waals surface area contributed by atoms with Crippen LogP contribution in [-0.2, 0) is 4.79 Å². The number of rotatable bonds is 1. The Balaban J connectivity index is 1.65. The second-order valence-corrected chi connectivity index (χ2v) is 14.7. The molecule has 0 aromatic carbocycles. The van der Waals surface area contributed by atoms with Crippen molar-refractivity contribution in [2.24, 2.45) is 56.7 Å². The molecule has 5 heteroatoms. The van der Waals surface area contributed by atoms with Gasteiger partial charge in [-0.1, -0.05) is 60.1 Å². The average molecular weight is 489 g/mol. The van der Waals surface area contributed by atoms with E-state index >= 15 is 0 Å². The van der Waals surface area contributed by atoms with Gasteiger partial charge in [0.15, 0.2) is 0 Å². The lowest BCUT2D eigenvalue weighted by Gasteiger charge is -2.72. The predicted molar refractivity (Wildman–Crippen MR) is 135 cm³/mol. The van der Waals surface area contributed by atoms with Gasteiger partial charge >= 0.3 is 5.97 Å². The monoisotopic (exact) mass is 488 g/mol. The van der Waals surface area contributed by atoms with Crippen molar-refractivity contribution in [1.82, 2.24) is 0 Å². The molecule has 0 saturated heterocycles. The molecule has 4 N–H and O–H groups in total. The first-order chi connectivity index (χ1) is 16.1. The number of aliphatic carboxylic acids is 1. The Labute approximate surface area is 211 Å². The van der Waals surface area contributed by atoms with Crippen molar-refractivity contribution in [3.05, 3.63) is 11.6 Å². The Morgan fingerprint density at radius 3 is 2.17 bits per heavy atom. The van der Waals surface area contributed by atoms with Crippen LogP contribution in [0.15, 0.2) is 11.6 Å². The molecule has 0 aliphatic heterocycles. The highest BCUT2D eigenvalue weighted by Crippen LogP contribution is 2.75. The first-order valence-corrected chi connectivity index (χ1v) is 14.1. The van der Waals surface area contributed by atoms with Crippen molar-refractivity contribution in [2.45, 2.75) is 112 Å². The Bertz CT molecular complexity index is 941. The van der Waals surface area contributed by atoms with Gasteiger partial charge in [0.25, 0.3) is 0 Å². The van der Waals surface area contributed by atoms with Gasteiger partial charge in [-0.25, -0.2) is 0 Å². The quantitative estimate of drug-likeness (QED) is 0.388. The standard InChI is InChI=1S/C30H48O5/c1-16-10-13-30(25(34)35)15-14-27(5)18(21(30)17(16)2)8-9-20-28(27,6)12-11-19-26(3,4)23(32)22(31)24(33)29(19,20)7/h8,16-17,19-24,31-33H,9-15H2,1-7H3,(H,34,35)/t16-,17+,19?,20?,21?,22-,23-,24-,27-,28-,29+,30+/m1/s1. The van der Waals surface area contributed by atoms with Crippen molar-refractivity contribution in [1.29, 1.82) is 0 Å². The molecule has 0 bridgehead atoms. The molecular weight excluding hydrogens is 440 g/mol. The molecule has 198 valence electrons. The van der Waals surface area contributed by atoms with Crippen LogP contribution in [0.4, 0.5) is 0 Å². The van der Waals surface area contributed by atoms with Crippen LogP contribution in [0, 0.1) is 56.7 Å². The molecular formula is C30H48O5. The summed E-state index contributed by atoms with van der Waals surface area (Å²) in [4.78, 5) is 12.8. The van der Waals surface area contributed by atoms with E-state index in [0.29, 0.717) is 11.8 Å². The molecule has 0 aromatic heterocycles. The normalized spacial score (nSPS) is 57.1. The number of carboxylic acid groups (broad SMARTS) is 1. The van der Waals surface area contributed by atoms with E-state index in [1.807, 2.05) is 0 Å². The maximum Gasteiger partial charge on any atom is 0.310 e. The van der Waals surface area contributed by atoms with Gasteiger partial charge in [0, 0.05) is 5.41 Å². The van der Waals surface area contributed by atoms with E-state index in [1.165, 1.54) is 5.57 Å². The summed E-state index contributed by atoms with van der Waals surface area (Å²) < 4.78 is 0. The number of fused-ring (bicyclic) bond motifs is 7. The number of carboxylic acids is 1. The topological polar surface area (TPSA) is 98.0 Å². The van der Waals surface area contributed by atoms with Crippen LogP contribution in [-0.4, -0.2) is 44.7 Å². The largest absolute Gasteiger partial charge is 0.481 e. The highest BCUT2D eigenvalue weighted by atomic mass is 16.4. The summed E-state index contributed by atoms with van der Waals surface area (Å²) in [7, 11) is 0. The summed E-state index contributed by atoms with van der Waals surface area (Å²) in [5.74, 6) is 0.545. The van der Waals surface area contributed by atoms with Gasteiger partial charge in [0.1, 0.15) is 6.10 Å². The number of aliphatic hydroxyl groups excluding tert-OH is 3. The molecule has 0 heterocycles. The van der Waals surface area contributed by atoms with E-state index in [1.54, 1.807) is 0 Å². The molecule has 3 unspecified atom stereocenters. The van der Waals surface area contributed by atoms with Crippen molar-refractivity contribution in [3.8, 4) is 0 Å². The Morgan fingerprint density at radius 2 is 1.54 bits per heavy atom. The molecule has 0 aromatic rings. The van der Waals surface area contributed by atoms with Gasteiger partial charge < -0.3 is 20.4 Å². The molecule has 4 fully saturated rings. The maximum atomic E-state index is 12.8. The Morgan fingerprint density at radius 1 is 0.886 bits per heavy atom. The van der Waals surface area contributed by atoms with Crippen molar-refractivity contribution in [2.75, 3.05) is 0 Å². The fourth-order valence-corrected chi connectivity index (χ4v) is 10.9. The average Bonchev–Trinajstić information content (AvgIpc) is 2.79. The van der Waals surface area contributed by atoms with E-state index in [4.69, 9.17) is 0 Å². The van der Waals surface area contributed by atoms with Crippen LogP contribution in [0.5, 0.6) is 0 Å². The highest BCUT2D eigenvalue weighted by molar-refractivity contribution is 5.76. The number of allylic oxidation sites excluding steroid dienone is 2. The number of hydrogen-bond donors (Lipinski definition) is 4. The van der Waals surface area contributed by atoms with E-state index < -0.39 is 40.5 Å². The van der Waals surface area contributed by atoms with Crippen molar-refractivity contribution in [3.63, 3.8) is 0 Å². The summed E-state index contributed by atoms with van der Waals surface area (Å²) in [6.45, 7) is 15.6. The summed E-state index contributed by atoms with van der Waals surface area (Å²) in [6, 6.07) is 0. The van der Waals surface area contributed by atoms with Crippen LogP contribution in [0.1, 0.15) is 93.4 Å². The van der Waals surface area contributed by atoms with E-state index in [9.17, 15) is 25.2 Å². The first-order valence-electron chi connectivity index (χ1n) is 14.1. The Hall–Kier alpha value is -0.910. The third kappa shape index (κ3) is 2.84. The number of aliphatic hydroxyl groups is 3. The lowest BCUT2D eigenvalue weighted by atomic mass is 9.33. The fourth-order valence-electron chi connectivity index (χ4n) is 10.9. The van der Waals surface area contributed by atoms with Crippen LogP contribution in [0.25, 0.3) is 0 Å². The third-order valence-corrected chi connectivity index (χ3v) is 13.5. The molecule has 5 rings (SSSR count). The van der Waals surface area contributed by atoms with Crippen molar-refractivity contribution < 1.29 is 25.2 Å². The minimum atomic E-state index is -1.16. The van der Waals surface area contributed by atoms with Crippen molar-refractivity contribution >= 4 is 5.97 Å². The van der Waals surface area contributed by atoms with E-state index in [-0.39, 0.29) is 28.6 Å². The third-order valence-electron chi connectivity index (χ3n) is 13.5. The number of carbonyl (C=O) groups is 1. The zero-order valence-corrected chi connectivity index (χ0v) is 22.8. The molecule has 5 nitrogen and oxygen atoms in total. The van der Waals surface area contributed by atoms with Gasteiger partial charge in [-0.2, -0.15) is 0 Å². The molecule has 0 spiro atoms. The summed E-state index contributed by atoms with van der Waals surface area (Å²) >= 11 is 0. The molecule has 5 aliphatic rings. The smallest absolute Gasteiger partial charge is 0.310 e. The zero-order valence-electron chi connectivity index (χ0n) is 22.8. The second kappa shape index (κ2) is 7.57. The van der Waals surface area contributed by atoms with Crippen LogP contribution in [0.3, 0.4) is 0 Å². The molecule has 0 radical (unpaired) electrons. The van der Waals surface area contributed by atoms with Crippen LogP contribution >= 0.6 is 0 Å². The molecule has 0 amide bonds. The van der Waals surface area contributed by atoms with Crippen LogP contribution in [0.2, 0.25) is 0 Å². The summed E-state index contributed by atoms with van der Waals surface area (Å²) in [5.41, 5.74) is -0.536. The van der Waals surface area contributed by atoms with E-state index in [2.05, 4.69) is 54.5 Å². The summed E-state index contributed by atoms with van der Waals surface area (Å²) in [6.07, 6.45) is 5.34. The molecule has 12 atom stereocenters. The zero-order chi connectivity index (χ0) is 25.9. The minimum absolute atomic E-state index is 0.0611. The van der Waals surface area contributed by atoms with Gasteiger partial charge in [-0.3, -0.25) is 4.79 Å². The first kappa shape index (κ1) is 25.7. The lowest BCUT2D eigenvalue weighted by Crippen LogP contribution is -2.72. The molecule has 5 aliphatic carbocycles. The molecule has 35 heavy (non-hydrogen) atoms. The molecule has 4 saturated carbocycles. The maximum absolute atomic E-state index is 12.8. The Kier molecular flexibility index (Phi) is 5.56. The second-order valence-electron chi connectivity index (χ2n) is 14.7. The minimum Gasteiger partial charge on any atom is -0.481 e.